The zero-order valence-electron chi connectivity index (χ0n) is 11.6. The van der Waals surface area contributed by atoms with Crippen molar-refractivity contribution < 1.29 is 9.60 Å². The van der Waals surface area contributed by atoms with Gasteiger partial charge in [0, 0.05) is 30.5 Å². The van der Waals surface area contributed by atoms with Gasteiger partial charge in [0.25, 0.3) is 0 Å². The highest BCUT2D eigenvalue weighted by Gasteiger charge is 2.12. The van der Waals surface area contributed by atoms with Crippen LogP contribution in [0.25, 0.3) is 0 Å². The van der Waals surface area contributed by atoms with E-state index in [0.29, 0.717) is 12.1 Å². The summed E-state index contributed by atoms with van der Waals surface area (Å²) < 4.78 is 14.2. The minimum atomic E-state index is -0.484. The molecule has 1 aromatic carbocycles. The Morgan fingerprint density at radius 2 is 2.10 bits per heavy atom. The zero-order chi connectivity index (χ0) is 15.2. The average Bonchev–Trinajstić information content (AvgIpc) is 2.53. The van der Waals surface area contributed by atoms with Gasteiger partial charge in [0.1, 0.15) is 5.82 Å². The van der Waals surface area contributed by atoms with Gasteiger partial charge in [-0.2, -0.15) is 0 Å². The van der Waals surface area contributed by atoms with Crippen LogP contribution in [-0.4, -0.2) is 16.0 Å². The summed E-state index contributed by atoms with van der Waals surface area (Å²) in [7, 11) is 0. The van der Waals surface area contributed by atoms with Crippen LogP contribution in [0.2, 0.25) is 0 Å². The first kappa shape index (κ1) is 14.9. The molecule has 0 unspecified atom stereocenters. The van der Waals surface area contributed by atoms with Gasteiger partial charge in [-0.25, -0.2) is 4.39 Å². The molecular formula is C15H17FN4O. The van der Waals surface area contributed by atoms with E-state index >= 15 is 0 Å². The number of rotatable bonds is 5. The number of nitrogens with one attached hydrogen (secondary N) is 1. The lowest BCUT2D eigenvalue weighted by molar-refractivity contribution is 0.318. The molecule has 0 spiro atoms. The molecule has 1 atom stereocenters. The summed E-state index contributed by atoms with van der Waals surface area (Å²) in [6.45, 7) is 2.32. The van der Waals surface area contributed by atoms with Gasteiger partial charge in [0.2, 0.25) is 0 Å². The molecule has 4 N–H and O–H groups in total. The van der Waals surface area contributed by atoms with Crippen LogP contribution >= 0.6 is 0 Å². The summed E-state index contributed by atoms with van der Waals surface area (Å²) >= 11 is 0. The van der Waals surface area contributed by atoms with Crippen LogP contribution in [0, 0.1) is 5.82 Å². The van der Waals surface area contributed by atoms with Gasteiger partial charge in [0.05, 0.1) is 5.56 Å². The molecule has 6 heteroatoms. The van der Waals surface area contributed by atoms with Gasteiger partial charge in [-0.3, -0.25) is 4.98 Å². The number of benzene rings is 1. The van der Waals surface area contributed by atoms with Crippen LogP contribution in [-0.2, 0) is 6.54 Å². The van der Waals surface area contributed by atoms with Crippen LogP contribution in [0.15, 0.2) is 47.9 Å². The monoisotopic (exact) mass is 288 g/mol. The second-order valence-electron chi connectivity index (χ2n) is 4.65. The van der Waals surface area contributed by atoms with Crippen molar-refractivity contribution in [3.63, 3.8) is 0 Å². The third-order valence-corrected chi connectivity index (χ3v) is 3.27. The van der Waals surface area contributed by atoms with Crippen LogP contribution in [0.4, 0.5) is 4.39 Å². The molecule has 2 aromatic rings. The van der Waals surface area contributed by atoms with Crippen molar-refractivity contribution in [1.82, 2.24) is 10.3 Å². The third-order valence-electron chi connectivity index (χ3n) is 3.27. The summed E-state index contributed by atoms with van der Waals surface area (Å²) in [6, 6.07) is 8.67. The number of aromatic nitrogens is 1. The van der Waals surface area contributed by atoms with Gasteiger partial charge in [0.15, 0.2) is 5.84 Å². The zero-order valence-corrected chi connectivity index (χ0v) is 11.6. The van der Waals surface area contributed by atoms with Gasteiger partial charge in [-0.1, -0.05) is 17.3 Å². The van der Waals surface area contributed by atoms with E-state index in [0.717, 1.165) is 5.56 Å². The first-order valence-corrected chi connectivity index (χ1v) is 6.52. The first-order valence-electron chi connectivity index (χ1n) is 6.52. The van der Waals surface area contributed by atoms with Crippen molar-refractivity contribution in [3.05, 3.63) is 65.2 Å². The maximum absolute atomic E-state index is 14.2. The number of hydrogen-bond acceptors (Lipinski definition) is 4. The molecular weight excluding hydrogens is 271 g/mol. The van der Waals surface area contributed by atoms with Crippen LogP contribution in [0.5, 0.6) is 0 Å². The van der Waals surface area contributed by atoms with Crippen LogP contribution in [0.1, 0.15) is 29.7 Å². The summed E-state index contributed by atoms with van der Waals surface area (Å²) in [5, 5.41) is 14.7. The largest absolute Gasteiger partial charge is 0.409 e. The van der Waals surface area contributed by atoms with E-state index in [1.54, 1.807) is 24.5 Å². The topological polar surface area (TPSA) is 83.5 Å². The number of hydrogen-bond donors (Lipinski definition) is 3. The maximum atomic E-state index is 14.2. The number of nitrogens with zero attached hydrogens (tertiary/aromatic N) is 2. The van der Waals surface area contributed by atoms with E-state index in [9.17, 15) is 4.39 Å². The lowest BCUT2D eigenvalue weighted by atomic mass is 10.1. The fourth-order valence-electron chi connectivity index (χ4n) is 2.00. The minimum Gasteiger partial charge on any atom is -0.409 e. The second kappa shape index (κ2) is 6.81. The van der Waals surface area contributed by atoms with Crippen molar-refractivity contribution in [1.29, 1.82) is 0 Å². The molecule has 5 nitrogen and oxygen atoms in total. The lowest BCUT2D eigenvalue weighted by Crippen LogP contribution is -2.21. The molecule has 1 heterocycles. The van der Waals surface area contributed by atoms with E-state index < -0.39 is 5.82 Å². The molecule has 0 radical (unpaired) electrons. The van der Waals surface area contributed by atoms with Crippen LogP contribution in [0.3, 0.4) is 0 Å². The molecule has 110 valence electrons. The fourth-order valence-corrected chi connectivity index (χ4v) is 2.00. The highest BCUT2D eigenvalue weighted by atomic mass is 19.1. The smallest absolute Gasteiger partial charge is 0.173 e. The molecule has 0 bridgehead atoms. The number of amidine groups is 1. The predicted molar refractivity (Wildman–Crippen MR) is 78.4 cm³/mol. The Bertz CT molecular complexity index is 631. The standard InChI is InChI=1S/C15H17FN4O/c1-10(11-5-7-18-8-6-11)19-9-12-3-2-4-13(14(12)16)15(17)20-21/h2-8,10,19,21H,9H2,1H3,(H2,17,20)/t10-/m1/s1. The molecule has 0 aliphatic carbocycles. The molecule has 0 aliphatic heterocycles. The SMILES string of the molecule is C[C@@H](NCc1cccc(/C(N)=N/O)c1F)c1ccncc1. The molecule has 0 saturated carbocycles. The Hall–Kier alpha value is -2.47. The predicted octanol–water partition coefficient (Wildman–Crippen LogP) is 2.17. The fraction of sp³-hybridized carbons (Fsp3) is 0.200. The lowest BCUT2D eigenvalue weighted by Gasteiger charge is -2.15. The van der Waals surface area contributed by atoms with Gasteiger partial charge >= 0.3 is 0 Å². The van der Waals surface area contributed by atoms with Crippen molar-refractivity contribution >= 4 is 5.84 Å². The van der Waals surface area contributed by atoms with Crippen molar-refractivity contribution in [3.8, 4) is 0 Å². The van der Waals surface area contributed by atoms with Crippen molar-refractivity contribution in [2.24, 2.45) is 10.9 Å². The van der Waals surface area contributed by atoms with Crippen molar-refractivity contribution in [2.75, 3.05) is 0 Å². The van der Waals surface area contributed by atoms with Gasteiger partial charge in [-0.05, 0) is 30.7 Å². The highest BCUT2D eigenvalue weighted by Crippen LogP contribution is 2.15. The minimum absolute atomic E-state index is 0.0555. The van der Waals surface area contributed by atoms with E-state index in [2.05, 4.69) is 15.5 Å². The van der Waals surface area contributed by atoms with E-state index in [1.165, 1.54) is 6.07 Å². The van der Waals surface area contributed by atoms with E-state index in [1.807, 2.05) is 19.1 Å². The van der Waals surface area contributed by atoms with Gasteiger partial charge in [-0.15, -0.1) is 0 Å². The number of halogens is 1. The average molecular weight is 288 g/mol. The van der Waals surface area contributed by atoms with E-state index in [4.69, 9.17) is 10.9 Å². The Kier molecular flexibility index (Phi) is 4.84. The quantitative estimate of drug-likeness (QED) is 0.341. The normalized spacial score (nSPS) is 13.1. The molecule has 0 aliphatic rings. The Morgan fingerprint density at radius 1 is 1.38 bits per heavy atom. The number of pyridine rings is 1. The van der Waals surface area contributed by atoms with Crippen LogP contribution < -0.4 is 11.1 Å². The summed E-state index contributed by atoms with van der Waals surface area (Å²) in [6.07, 6.45) is 3.43. The first-order chi connectivity index (χ1) is 10.1. The Labute approximate surface area is 122 Å². The summed E-state index contributed by atoms with van der Waals surface area (Å²) in [5.41, 5.74) is 7.06. The molecule has 2 rings (SSSR count). The third kappa shape index (κ3) is 3.55. The van der Waals surface area contributed by atoms with Crippen molar-refractivity contribution in [2.45, 2.75) is 19.5 Å². The molecule has 0 amide bonds. The Morgan fingerprint density at radius 3 is 2.76 bits per heavy atom. The summed E-state index contributed by atoms with van der Waals surface area (Å²) in [4.78, 5) is 3.96. The maximum Gasteiger partial charge on any atom is 0.173 e. The Balaban J connectivity index is 2.11. The molecule has 0 fully saturated rings. The van der Waals surface area contributed by atoms with Gasteiger partial charge < -0.3 is 16.3 Å². The summed E-state index contributed by atoms with van der Waals surface area (Å²) in [5.74, 6) is -0.723. The molecule has 0 saturated heterocycles. The molecule has 21 heavy (non-hydrogen) atoms. The highest BCUT2D eigenvalue weighted by molar-refractivity contribution is 5.97. The number of nitrogens with two attached hydrogens (primary N) is 1. The number of oxime groups is 1. The second-order valence-corrected chi connectivity index (χ2v) is 4.65. The molecule has 1 aromatic heterocycles. The van der Waals surface area contributed by atoms with E-state index in [-0.39, 0.29) is 17.4 Å².